The van der Waals surface area contributed by atoms with Gasteiger partial charge in [0.25, 0.3) is 0 Å². The van der Waals surface area contributed by atoms with E-state index in [0.717, 1.165) is 32.5 Å². The molecule has 3 fully saturated rings. The topological polar surface area (TPSA) is 73.5 Å². The molecular formula is C13H22N4O2. The second-order valence-corrected chi connectivity index (χ2v) is 6.05. The van der Waals surface area contributed by atoms with Gasteiger partial charge in [-0.3, -0.25) is 15.0 Å². The smallest absolute Gasteiger partial charge is 0.321 e. The van der Waals surface area contributed by atoms with Gasteiger partial charge in [0, 0.05) is 18.6 Å². The molecule has 3 N–H and O–H groups in total. The first-order valence-corrected chi connectivity index (χ1v) is 7.18. The van der Waals surface area contributed by atoms with Crippen molar-refractivity contribution in [1.29, 1.82) is 0 Å². The molecular weight excluding hydrogens is 244 g/mol. The molecule has 3 rings (SSSR count). The second-order valence-electron chi connectivity index (χ2n) is 6.05. The maximum atomic E-state index is 11.8. The van der Waals surface area contributed by atoms with E-state index in [9.17, 15) is 9.59 Å². The van der Waals surface area contributed by atoms with E-state index < -0.39 is 0 Å². The number of hydrogen-bond acceptors (Lipinski definition) is 4. The number of rotatable bonds is 3. The number of imide groups is 1. The summed E-state index contributed by atoms with van der Waals surface area (Å²) >= 11 is 0. The van der Waals surface area contributed by atoms with Crippen LogP contribution in [0, 0.1) is 11.8 Å². The maximum absolute atomic E-state index is 11.8. The maximum Gasteiger partial charge on any atom is 0.321 e. The van der Waals surface area contributed by atoms with Crippen LogP contribution in [0.5, 0.6) is 0 Å². The van der Waals surface area contributed by atoms with E-state index in [1.54, 1.807) is 0 Å². The lowest BCUT2D eigenvalue weighted by molar-refractivity contribution is -0.121. The summed E-state index contributed by atoms with van der Waals surface area (Å²) in [4.78, 5) is 25.5. The highest BCUT2D eigenvalue weighted by molar-refractivity contribution is 5.95. The number of fused-ring (bicyclic) bond motifs is 1. The Morgan fingerprint density at radius 1 is 1.32 bits per heavy atom. The Kier molecular flexibility index (Phi) is 3.45. The van der Waals surface area contributed by atoms with E-state index in [2.05, 4.69) is 27.8 Å². The summed E-state index contributed by atoms with van der Waals surface area (Å²) < 4.78 is 0. The Morgan fingerprint density at radius 3 is 2.79 bits per heavy atom. The molecule has 3 aliphatic rings. The van der Waals surface area contributed by atoms with Gasteiger partial charge >= 0.3 is 6.03 Å². The fourth-order valence-electron chi connectivity index (χ4n) is 3.26. The fourth-order valence-corrected chi connectivity index (χ4v) is 3.26. The standard InChI is InChI=1S/C13H22N4O2/c1-8-11-5-14-4-9(11)6-17(8)7-12(18)16-13(19)15-10-2-3-10/h8-11,14H,2-7H2,1H3,(H2,15,16,18,19). The average molecular weight is 266 g/mol. The summed E-state index contributed by atoms with van der Waals surface area (Å²) in [5.41, 5.74) is 0. The Labute approximate surface area is 113 Å². The van der Waals surface area contributed by atoms with Gasteiger partial charge in [-0.1, -0.05) is 0 Å². The summed E-state index contributed by atoms with van der Waals surface area (Å²) in [6.07, 6.45) is 2.06. The van der Waals surface area contributed by atoms with Gasteiger partial charge < -0.3 is 10.6 Å². The van der Waals surface area contributed by atoms with Crippen molar-refractivity contribution in [3.05, 3.63) is 0 Å². The quantitative estimate of drug-likeness (QED) is 0.645. The molecule has 0 aromatic carbocycles. The molecule has 3 atom stereocenters. The first kappa shape index (κ1) is 12.9. The molecule has 6 heteroatoms. The van der Waals surface area contributed by atoms with Gasteiger partial charge in [0.2, 0.25) is 5.91 Å². The molecule has 0 bridgehead atoms. The van der Waals surface area contributed by atoms with Crippen molar-refractivity contribution in [2.45, 2.75) is 31.8 Å². The molecule has 106 valence electrons. The molecule has 0 aromatic rings. The van der Waals surface area contributed by atoms with Crippen LogP contribution in [0.4, 0.5) is 4.79 Å². The van der Waals surface area contributed by atoms with Crippen molar-refractivity contribution in [3.63, 3.8) is 0 Å². The fraction of sp³-hybridized carbons (Fsp3) is 0.846. The number of amides is 3. The Bertz CT molecular complexity index is 383. The Morgan fingerprint density at radius 2 is 2.11 bits per heavy atom. The second kappa shape index (κ2) is 5.09. The number of carbonyl (C=O) groups is 2. The predicted octanol–water partition coefficient (Wildman–Crippen LogP) is -0.486. The number of likely N-dealkylation sites (tertiary alicyclic amines) is 1. The molecule has 1 aliphatic carbocycles. The SMILES string of the molecule is CC1C2CNCC2CN1CC(=O)NC(=O)NC1CC1. The molecule has 2 aliphatic heterocycles. The largest absolute Gasteiger partial charge is 0.335 e. The van der Waals surface area contributed by atoms with Crippen molar-refractivity contribution in [3.8, 4) is 0 Å². The molecule has 0 spiro atoms. The van der Waals surface area contributed by atoms with E-state index in [1.165, 1.54) is 0 Å². The Balaban J connectivity index is 1.45. The van der Waals surface area contributed by atoms with E-state index >= 15 is 0 Å². The Hall–Kier alpha value is -1.14. The highest BCUT2D eigenvalue weighted by Gasteiger charge is 2.42. The monoisotopic (exact) mass is 266 g/mol. The zero-order valence-electron chi connectivity index (χ0n) is 11.3. The van der Waals surface area contributed by atoms with Gasteiger partial charge in [-0.25, -0.2) is 4.79 Å². The van der Waals surface area contributed by atoms with E-state index in [1.807, 2.05) is 0 Å². The third kappa shape index (κ3) is 2.90. The molecule has 2 heterocycles. The summed E-state index contributed by atoms with van der Waals surface area (Å²) in [6.45, 7) is 5.55. The molecule has 0 radical (unpaired) electrons. The van der Waals surface area contributed by atoms with Gasteiger partial charge in [-0.15, -0.1) is 0 Å². The van der Waals surface area contributed by atoms with Gasteiger partial charge in [-0.05, 0) is 44.7 Å². The highest BCUT2D eigenvalue weighted by Crippen LogP contribution is 2.31. The molecule has 6 nitrogen and oxygen atoms in total. The van der Waals surface area contributed by atoms with Crippen molar-refractivity contribution in [2.24, 2.45) is 11.8 Å². The normalized spacial score (nSPS) is 34.1. The average Bonchev–Trinajstić information content (AvgIpc) is 2.94. The predicted molar refractivity (Wildman–Crippen MR) is 70.6 cm³/mol. The van der Waals surface area contributed by atoms with Crippen LogP contribution in [0.25, 0.3) is 0 Å². The lowest BCUT2D eigenvalue weighted by Gasteiger charge is -2.23. The van der Waals surface area contributed by atoms with Crippen LogP contribution in [-0.4, -0.2) is 55.1 Å². The zero-order valence-corrected chi connectivity index (χ0v) is 11.3. The third-order valence-corrected chi connectivity index (χ3v) is 4.57. The molecule has 19 heavy (non-hydrogen) atoms. The van der Waals surface area contributed by atoms with Crippen molar-refractivity contribution in [1.82, 2.24) is 20.9 Å². The molecule has 0 aromatic heterocycles. The number of nitrogens with one attached hydrogen (secondary N) is 3. The highest BCUT2D eigenvalue weighted by atomic mass is 16.2. The summed E-state index contributed by atoms with van der Waals surface area (Å²) in [7, 11) is 0. The minimum absolute atomic E-state index is 0.196. The molecule has 1 saturated carbocycles. The third-order valence-electron chi connectivity index (χ3n) is 4.57. The lowest BCUT2D eigenvalue weighted by Crippen LogP contribution is -2.46. The minimum atomic E-state index is -0.346. The molecule has 2 saturated heterocycles. The number of nitrogens with zero attached hydrogens (tertiary/aromatic N) is 1. The van der Waals surface area contributed by atoms with Gasteiger partial charge in [0.1, 0.15) is 0 Å². The van der Waals surface area contributed by atoms with Crippen LogP contribution in [0.3, 0.4) is 0 Å². The van der Waals surface area contributed by atoms with Crippen LogP contribution in [-0.2, 0) is 4.79 Å². The van der Waals surface area contributed by atoms with Crippen molar-refractivity contribution >= 4 is 11.9 Å². The number of carbonyl (C=O) groups excluding carboxylic acids is 2. The van der Waals surface area contributed by atoms with E-state index in [4.69, 9.17) is 0 Å². The van der Waals surface area contributed by atoms with Crippen molar-refractivity contribution in [2.75, 3.05) is 26.2 Å². The lowest BCUT2D eigenvalue weighted by atomic mass is 9.95. The van der Waals surface area contributed by atoms with E-state index in [-0.39, 0.29) is 18.0 Å². The minimum Gasteiger partial charge on any atom is -0.335 e. The van der Waals surface area contributed by atoms with Crippen LogP contribution in [0.2, 0.25) is 0 Å². The first-order chi connectivity index (χ1) is 9.13. The van der Waals surface area contributed by atoms with Crippen LogP contribution >= 0.6 is 0 Å². The van der Waals surface area contributed by atoms with Crippen LogP contribution in [0.1, 0.15) is 19.8 Å². The zero-order chi connectivity index (χ0) is 13.4. The summed E-state index contributed by atoms with van der Waals surface area (Å²) in [5.74, 6) is 1.11. The molecule has 3 unspecified atom stereocenters. The first-order valence-electron chi connectivity index (χ1n) is 7.18. The van der Waals surface area contributed by atoms with Crippen LogP contribution in [0.15, 0.2) is 0 Å². The number of hydrogen-bond donors (Lipinski definition) is 3. The van der Waals surface area contributed by atoms with Crippen LogP contribution < -0.4 is 16.0 Å². The summed E-state index contributed by atoms with van der Waals surface area (Å²) in [5, 5.41) is 8.58. The van der Waals surface area contributed by atoms with E-state index in [0.29, 0.717) is 24.4 Å². The van der Waals surface area contributed by atoms with Gasteiger partial charge in [0.15, 0.2) is 0 Å². The molecule has 3 amide bonds. The number of urea groups is 1. The van der Waals surface area contributed by atoms with Gasteiger partial charge in [-0.2, -0.15) is 0 Å². The summed E-state index contributed by atoms with van der Waals surface area (Å²) in [6, 6.07) is 0.349. The van der Waals surface area contributed by atoms with Gasteiger partial charge in [0.05, 0.1) is 6.54 Å². The van der Waals surface area contributed by atoms with Crippen molar-refractivity contribution < 1.29 is 9.59 Å².